The quantitative estimate of drug-likeness (QED) is 0.844. The third-order valence-corrected chi connectivity index (χ3v) is 3.16. The molecule has 0 spiro atoms. The maximum atomic E-state index is 13.9. The molecule has 2 aliphatic rings. The average Bonchev–Trinajstić information content (AvgIpc) is 2.83. The van der Waals surface area contributed by atoms with E-state index in [1.807, 2.05) is 0 Å². The maximum absolute atomic E-state index is 13.9. The molecular weight excluding hydrogens is 290 g/mol. The largest absolute Gasteiger partial charge is 0.493 e. The van der Waals surface area contributed by atoms with Crippen LogP contribution in [-0.4, -0.2) is 37.9 Å². The first-order valence-corrected chi connectivity index (χ1v) is 6.34. The van der Waals surface area contributed by atoms with Crippen molar-refractivity contribution >= 4 is 5.78 Å². The van der Waals surface area contributed by atoms with Gasteiger partial charge in [0.25, 0.3) is 0 Å². The van der Waals surface area contributed by atoms with E-state index in [-0.39, 0.29) is 4.90 Å². The average molecular weight is 340 g/mol. The highest BCUT2D eigenvalue weighted by Gasteiger charge is 2.38. The van der Waals surface area contributed by atoms with Gasteiger partial charge in [-0.1, -0.05) is 13.7 Å². The predicted octanol–water partition coefficient (Wildman–Crippen LogP) is 3.24. The van der Waals surface area contributed by atoms with E-state index in [9.17, 15) is 6.17 Å². The van der Waals surface area contributed by atoms with Gasteiger partial charge in [0.05, 0.1) is 22.4 Å². The molecule has 0 N–H and O–H groups in total. The van der Waals surface area contributed by atoms with Crippen molar-refractivity contribution < 1.29 is 44.4 Å². The highest BCUT2D eigenvalue weighted by molar-refractivity contribution is 5.83. The number of rotatable bonds is 4. The minimum absolute atomic E-state index is 0.225. The summed E-state index contributed by atoms with van der Waals surface area (Å²) >= 11 is 0. The molecule has 23 heavy (non-hydrogen) atoms. The molecule has 0 aromatic heterocycles. The smallest absolute Gasteiger partial charge is 0.161 e. The molecule has 0 radical (unpaired) electrons. The fourth-order valence-electron chi connectivity index (χ4n) is 2.18. The van der Waals surface area contributed by atoms with Crippen molar-refractivity contribution in [1.82, 2.24) is 4.90 Å². The summed E-state index contributed by atoms with van der Waals surface area (Å²) in [5.74, 6) is -12.9. The Balaban J connectivity index is 2.57. The van der Waals surface area contributed by atoms with Crippen LogP contribution in [0.25, 0.3) is 0 Å². The van der Waals surface area contributed by atoms with E-state index in [0.717, 1.165) is 7.11 Å². The molecule has 4 heteroatoms. The lowest BCUT2D eigenvalue weighted by Crippen LogP contribution is -2.46. The van der Waals surface area contributed by atoms with Crippen LogP contribution in [0.5, 0.6) is 11.5 Å². The van der Waals surface area contributed by atoms with E-state index in [0.29, 0.717) is 0 Å². The lowest BCUT2D eigenvalue weighted by molar-refractivity contribution is -0.129. The van der Waals surface area contributed by atoms with Crippen LogP contribution in [0.3, 0.4) is 0 Å². The highest BCUT2D eigenvalue weighted by atomic mass is 16.5. The minimum atomic E-state index is -4.41. The molecule has 1 aromatic rings. The Bertz CT molecular complexity index is 1400. The number of carbonyl (C=O) groups excluding carboxylic acids is 1. The molecule has 2 unspecified atom stereocenters. The van der Waals surface area contributed by atoms with Crippen LogP contribution in [-0.2, 0) is 11.2 Å². The van der Waals surface area contributed by atoms with Gasteiger partial charge in [-0.15, -0.1) is 0 Å². The topological polar surface area (TPSA) is 38.8 Å². The number of hydrogen-bond donors (Lipinski definition) is 0. The van der Waals surface area contributed by atoms with Crippen LogP contribution in [0.15, 0.2) is 12.1 Å². The van der Waals surface area contributed by atoms with Crippen molar-refractivity contribution in [3.05, 3.63) is 23.2 Å². The fraction of sp³-hybridized carbons (Fsp3) is 0.632. The van der Waals surface area contributed by atoms with Crippen molar-refractivity contribution in [2.24, 2.45) is 11.8 Å². The Morgan fingerprint density at radius 1 is 1.57 bits per heavy atom. The monoisotopic (exact) mass is 339 g/mol. The molecule has 1 saturated heterocycles. The summed E-state index contributed by atoms with van der Waals surface area (Å²) in [5, 5.41) is 0. The summed E-state index contributed by atoms with van der Waals surface area (Å²) in [6.07, 6.45) is -12.2. The van der Waals surface area contributed by atoms with Crippen molar-refractivity contribution in [2.75, 3.05) is 27.2 Å². The Morgan fingerprint density at radius 2 is 2.39 bits per heavy atom. The fourth-order valence-corrected chi connectivity index (χ4v) is 2.18. The molecule has 4 nitrogen and oxygen atoms in total. The molecule has 2 heterocycles. The van der Waals surface area contributed by atoms with E-state index in [2.05, 4.69) is 0 Å². The first-order valence-electron chi connectivity index (χ1n) is 17.3. The number of ether oxygens (including phenoxy) is 2. The van der Waals surface area contributed by atoms with Gasteiger partial charge in [-0.25, -0.2) is 0 Å². The van der Waals surface area contributed by atoms with Crippen LogP contribution in [0, 0.1) is 11.8 Å². The Kier molecular flexibility index (Phi) is 1.23. The SMILES string of the molecule is [2H]c1c(OC)c(OC([2H])([2H])[2H])c([2H])c2c1C([2H])([2H])C([2H])([2H])N1CC([2H])(C([2H])([2H])C([2H])(C([2H])([2H])[2H])C([2H])([2H])[2H])C(=O)C([2H])([2H])C21[2H]. The molecule has 2 aliphatic heterocycles. The Hall–Kier alpha value is -1.55. The lowest BCUT2D eigenvalue weighted by Gasteiger charge is -2.43. The van der Waals surface area contributed by atoms with Crippen LogP contribution < -0.4 is 9.47 Å². The number of hydrogen-bond acceptors (Lipinski definition) is 4. The van der Waals surface area contributed by atoms with Gasteiger partial charge in [0.2, 0.25) is 0 Å². The molecule has 3 rings (SSSR count). The van der Waals surface area contributed by atoms with Gasteiger partial charge in [-0.3, -0.25) is 9.69 Å². The molecular formula is C19H27NO3. The van der Waals surface area contributed by atoms with Crippen molar-refractivity contribution in [3.63, 3.8) is 0 Å². The number of fused-ring (bicyclic) bond motifs is 3. The third kappa shape index (κ3) is 3.09. The summed E-state index contributed by atoms with van der Waals surface area (Å²) in [6.45, 7) is -14.0. The number of nitrogens with zero attached hydrogens (tertiary/aromatic N) is 1. The molecule has 0 amide bonds. The molecule has 0 saturated carbocycles. The summed E-state index contributed by atoms with van der Waals surface area (Å²) in [4.78, 5) is 13.7. The molecule has 0 bridgehead atoms. The van der Waals surface area contributed by atoms with E-state index < -0.39 is 111 Å². The number of piperidine rings is 1. The van der Waals surface area contributed by atoms with Gasteiger partial charge >= 0.3 is 0 Å². The van der Waals surface area contributed by atoms with Crippen LogP contribution in [0.2, 0.25) is 0 Å². The summed E-state index contributed by atoms with van der Waals surface area (Å²) < 4.78 is 191. The number of methoxy groups -OCH3 is 2. The number of carbonyl (C=O) groups is 1. The van der Waals surface area contributed by atoms with E-state index in [1.165, 1.54) is 0 Å². The van der Waals surface area contributed by atoms with Gasteiger partial charge in [0, 0.05) is 53.3 Å². The van der Waals surface area contributed by atoms with Crippen LogP contribution in [0.1, 0.15) is 73.8 Å². The normalized spacial score (nSPS) is 54.0. The van der Waals surface area contributed by atoms with Gasteiger partial charge in [0.15, 0.2) is 11.5 Å². The van der Waals surface area contributed by atoms with Crippen molar-refractivity contribution in [2.45, 2.75) is 38.8 Å². The zero-order chi connectivity index (χ0) is 35.7. The van der Waals surface area contributed by atoms with Crippen molar-refractivity contribution in [1.29, 1.82) is 0 Å². The Labute approximate surface area is 169 Å². The van der Waals surface area contributed by atoms with Gasteiger partial charge in [0.1, 0.15) is 5.78 Å². The van der Waals surface area contributed by atoms with Gasteiger partial charge in [-0.2, -0.15) is 0 Å². The van der Waals surface area contributed by atoms with E-state index in [4.69, 9.17) is 38.3 Å². The van der Waals surface area contributed by atoms with E-state index >= 15 is 0 Å². The molecule has 126 valence electrons. The summed E-state index contributed by atoms with van der Waals surface area (Å²) in [5.41, 5.74) is -2.59. The number of Topliss-reactive ketones (excluding diaryl/α,β-unsaturated/α-hetero) is 1. The molecule has 1 fully saturated rings. The predicted molar refractivity (Wildman–Crippen MR) is 90.1 cm³/mol. The highest BCUT2D eigenvalue weighted by Crippen LogP contribution is 2.42. The van der Waals surface area contributed by atoms with Gasteiger partial charge in [-0.05, 0) is 41.9 Å². The van der Waals surface area contributed by atoms with Crippen LogP contribution in [0.4, 0.5) is 0 Å². The Morgan fingerprint density at radius 3 is 3.13 bits per heavy atom. The zero-order valence-corrected chi connectivity index (χ0v) is 11.9. The summed E-state index contributed by atoms with van der Waals surface area (Å²) in [6, 6.07) is -6.31. The zero-order valence-electron chi connectivity index (χ0n) is 33.9. The molecule has 1 aromatic carbocycles. The number of benzene rings is 1. The second-order valence-corrected chi connectivity index (χ2v) is 4.57. The standard InChI is InChI=1S/C19H27NO3/c1-12(2)7-14-11-20-6-5-13-8-18(22-3)19(23-4)9-15(13)16(20)10-17(14)21/h8-9,12,14,16H,5-7,10-11H2,1-4H3/i1D3,2D3,4D3,5D2,6D2,7D2,8D,9D,10D2,12D,14D,16D. The van der Waals surface area contributed by atoms with E-state index in [1.54, 1.807) is 0 Å². The molecule has 0 aliphatic carbocycles. The molecule has 2 atom stereocenters. The third-order valence-electron chi connectivity index (χ3n) is 3.16. The van der Waals surface area contributed by atoms with Gasteiger partial charge < -0.3 is 9.47 Å². The first kappa shape index (κ1) is 4.34. The number of ketones is 1. The lowest BCUT2D eigenvalue weighted by atomic mass is 9.80. The minimum Gasteiger partial charge on any atom is -0.493 e. The summed E-state index contributed by atoms with van der Waals surface area (Å²) in [7, 11) is -2.54. The van der Waals surface area contributed by atoms with Crippen LogP contribution >= 0.6 is 0 Å². The first-order chi connectivity index (χ1) is 19.6. The second-order valence-electron chi connectivity index (χ2n) is 4.57. The second kappa shape index (κ2) is 6.52. The van der Waals surface area contributed by atoms with Crippen molar-refractivity contribution in [3.8, 4) is 11.5 Å². The maximum Gasteiger partial charge on any atom is 0.161 e.